The van der Waals surface area contributed by atoms with Crippen LogP contribution in [-0.2, 0) is 29.3 Å². The molecule has 0 radical (unpaired) electrons. The first-order chi connectivity index (χ1) is 17.4. The van der Waals surface area contributed by atoms with Crippen molar-refractivity contribution < 1.29 is 18.0 Å². The van der Waals surface area contributed by atoms with Crippen molar-refractivity contribution in [3.8, 4) is 0 Å². The summed E-state index contributed by atoms with van der Waals surface area (Å²) in [6.45, 7) is 2.50. The summed E-state index contributed by atoms with van der Waals surface area (Å²) in [5.41, 5.74) is 2.62. The van der Waals surface area contributed by atoms with Gasteiger partial charge in [-0.25, -0.2) is 13.4 Å². The molecule has 1 N–H and O–H groups in total. The summed E-state index contributed by atoms with van der Waals surface area (Å²) in [4.78, 5) is 33.8. The summed E-state index contributed by atoms with van der Waals surface area (Å²) in [6.07, 6.45) is 0.799. The van der Waals surface area contributed by atoms with Crippen LogP contribution in [0.15, 0.2) is 82.6 Å². The second-order valence-corrected chi connectivity index (χ2v) is 11.8. The molecule has 0 bridgehead atoms. The lowest BCUT2D eigenvalue weighted by atomic mass is 10.0. The predicted molar refractivity (Wildman–Crippen MR) is 136 cm³/mol. The predicted octanol–water partition coefficient (Wildman–Crippen LogP) is 4.33. The fourth-order valence-electron chi connectivity index (χ4n) is 4.67. The highest BCUT2D eigenvalue weighted by Crippen LogP contribution is 2.35. The molecule has 36 heavy (non-hydrogen) atoms. The molecule has 4 aromatic rings. The van der Waals surface area contributed by atoms with Crippen molar-refractivity contribution in [1.82, 2.24) is 9.88 Å². The van der Waals surface area contributed by atoms with Gasteiger partial charge < -0.3 is 0 Å². The molecule has 1 amide bonds. The van der Waals surface area contributed by atoms with E-state index in [4.69, 9.17) is 0 Å². The standard InChI is InChI=1S/C27H21N3O4S2/c31-25-19-8-4-5-9-23(19)36(33,34)24-14-18(10-11-20(24)25)26(32)29-27-28-21-12-13-30(16-22(21)35-27)15-17-6-2-1-3-7-17/h1-11,14H,12-13,15-16H2,(H,28,29,32). The number of carbonyl (C=O) groups excluding carboxylic acids is 2. The third kappa shape index (κ3) is 3.95. The van der Waals surface area contributed by atoms with Gasteiger partial charge in [0.2, 0.25) is 9.84 Å². The first-order valence-corrected chi connectivity index (χ1v) is 13.8. The number of ketones is 1. The molecule has 0 spiro atoms. The van der Waals surface area contributed by atoms with Crippen LogP contribution < -0.4 is 5.32 Å². The van der Waals surface area contributed by atoms with E-state index in [9.17, 15) is 18.0 Å². The van der Waals surface area contributed by atoms with Crippen LogP contribution in [0, 0.1) is 0 Å². The number of nitrogens with zero attached hydrogens (tertiary/aromatic N) is 2. The van der Waals surface area contributed by atoms with E-state index < -0.39 is 15.7 Å². The quantitative estimate of drug-likeness (QED) is 0.383. The topological polar surface area (TPSA) is 96.4 Å². The molecule has 3 aromatic carbocycles. The van der Waals surface area contributed by atoms with E-state index in [0.717, 1.165) is 36.6 Å². The maximum atomic E-state index is 13.2. The van der Waals surface area contributed by atoms with Gasteiger partial charge in [0.1, 0.15) is 0 Å². The Bertz CT molecular complexity index is 1630. The van der Waals surface area contributed by atoms with E-state index in [2.05, 4.69) is 27.3 Å². The summed E-state index contributed by atoms with van der Waals surface area (Å²) in [5, 5.41) is 3.29. The third-order valence-electron chi connectivity index (χ3n) is 6.48. The molecule has 3 heterocycles. The van der Waals surface area contributed by atoms with Crippen LogP contribution >= 0.6 is 11.3 Å². The molecule has 0 unspecified atom stereocenters. The normalized spacial score (nSPS) is 16.1. The molecule has 6 rings (SSSR count). The van der Waals surface area contributed by atoms with Crippen molar-refractivity contribution in [3.05, 3.63) is 106 Å². The van der Waals surface area contributed by atoms with Gasteiger partial charge in [-0.05, 0) is 35.9 Å². The Morgan fingerprint density at radius 2 is 1.72 bits per heavy atom. The van der Waals surface area contributed by atoms with Crippen LogP contribution in [0.5, 0.6) is 0 Å². The number of nitrogens with one attached hydrogen (secondary N) is 1. The molecule has 1 aromatic heterocycles. The van der Waals surface area contributed by atoms with Crippen LogP contribution in [0.4, 0.5) is 5.13 Å². The maximum absolute atomic E-state index is 13.2. The number of thiazole rings is 1. The van der Waals surface area contributed by atoms with Crippen molar-refractivity contribution in [3.63, 3.8) is 0 Å². The summed E-state index contributed by atoms with van der Waals surface area (Å²) >= 11 is 1.44. The average molecular weight is 516 g/mol. The minimum atomic E-state index is -3.92. The van der Waals surface area contributed by atoms with Crippen molar-refractivity contribution in [2.24, 2.45) is 0 Å². The highest BCUT2D eigenvalue weighted by atomic mass is 32.2. The number of hydrogen-bond donors (Lipinski definition) is 1. The number of amides is 1. The number of rotatable bonds is 4. The number of carbonyl (C=O) groups is 2. The van der Waals surface area contributed by atoms with Gasteiger partial charge in [-0.15, -0.1) is 11.3 Å². The molecule has 180 valence electrons. The molecule has 0 fully saturated rings. The van der Waals surface area contributed by atoms with Gasteiger partial charge in [-0.1, -0.05) is 42.5 Å². The van der Waals surface area contributed by atoms with Crippen molar-refractivity contribution in [2.75, 3.05) is 11.9 Å². The molecular weight excluding hydrogens is 494 g/mol. The zero-order valence-corrected chi connectivity index (χ0v) is 20.7. The second-order valence-electron chi connectivity index (χ2n) is 8.83. The number of fused-ring (bicyclic) bond motifs is 3. The minimum Gasteiger partial charge on any atom is -0.298 e. The minimum absolute atomic E-state index is 0.0345. The summed E-state index contributed by atoms with van der Waals surface area (Å²) < 4.78 is 26.3. The van der Waals surface area contributed by atoms with Crippen molar-refractivity contribution in [2.45, 2.75) is 29.3 Å². The average Bonchev–Trinajstić information content (AvgIpc) is 3.29. The number of anilines is 1. The Balaban J connectivity index is 1.22. The monoisotopic (exact) mass is 515 g/mol. The fourth-order valence-corrected chi connectivity index (χ4v) is 7.40. The Morgan fingerprint density at radius 1 is 0.972 bits per heavy atom. The first kappa shape index (κ1) is 22.8. The van der Waals surface area contributed by atoms with Crippen LogP contribution in [0.3, 0.4) is 0 Å². The molecule has 0 saturated heterocycles. The fraction of sp³-hybridized carbons (Fsp3) is 0.148. The Labute approximate surface area is 212 Å². The van der Waals surface area contributed by atoms with E-state index in [0.29, 0.717) is 5.13 Å². The van der Waals surface area contributed by atoms with Gasteiger partial charge in [-0.2, -0.15) is 0 Å². The van der Waals surface area contributed by atoms with Crippen LogP contribution in [-0.4, -0.2) is 36.5 Å². The van der Waals surface area contributed by atoms with Gasteiger partial charge in [0.05, 0.1) is 15.5 Å². The van der Waals surface area contributed by atoms with E-state index in [1.807, 2.05) is 18.2 Å². The van der Waals surface area contributed by atoms with E-state index in [1.54, 1.807) is 12.1 Å². The Hall–Kier alpha value is -3.66. The Morgan fingerprint density at radius 3 is 2.56 bits per heavy atom. The van der Waals surface area contributed by atoms with E-state index >= 15 is 0 Å². The lowest BCUT2D eigenvalue weighted by Gasteiger charge is -2.25. The third-order valence-corrected chi connectivity index (χ3v) is 9.33. The van der Waals surface area contributed by atoms with E-state index in [-0.39, 0.29) is 32.3 Å². The van der Waals surface area contributed by atoms with E-state index in [1.165, 1.54) is 47.2 Å². The molecule has 0 aliphatic carbocycles. The zero-order valence-electron chi connectivity index (χ0n) is 19.1. The summed E-state index contributed by atoms with van der Waals surface area (Å²) in [7, 11) is -3.92. The lowest BCUT2D eigenvalue weighted by molar-refractivity contribution is 0.101. The molecule has 0 atom stereocenters. The van der Waals surface area contributed by atoms with Gasteiger partial charge in [-0.3, -0.25) is 19.8 Å². The number of sulfone groups is 1. The van der Waals surface area contributed by atoms with Gasteiger partial charge in [0.25, 0.3) is 5.91 Å². The smallest absolute Gasteiger partial charge is 0.257 e. The van der Waals surface area contributed by atoms with Crippen LogP contribution in [0.25, 0.3) is 0 Å². The van der Waals surface area contributed by atoms with Crippen molar-refractivity contribution >= 4 is 38.0 Å². The van der Waals surface area contributed by atoms with Gasteiger partial charge in [0.15, 0.2) is 10.9 Å². The van der Waals surface area contributed by atoms with Crippen LogP contribution in [0.2, 0.25) is 0 Å². The zero-order chi connectivity index (χ0) is 24.9. The maximum Gasteiger partial charge on any atom is 0.257 e. The Kier molecular flexibility index (Phi) is 5.55. The van der Waals surface area contributed by atoms with Crippen LogP contribution in [0.1, 0.15) is 42.4 Å². The highest BCUT2D eigenvalue weighted by Gasteiger charge is 2.35. The lowest BCUT2D eigenvalue weighted by Crippen LogP contribution is -2.29. The SMILES string of the molecule is O=C(Nc1nc2c(s1)CN(Cc1ccccc1)CC2)c1ccc2c(c1)S(=O)(=O)c1ccccc1C2=O. The van der Waals surface area contributed by atoms with Crippen molar-refractivity contribution in [1.29, 1.82) is 0 Å². The molecule has 2 aliphatic rings. The van der Waals surface area contributed by atoms with Gasteiger partial charge in [0, 0.05) is 47.6 Å². The second kappa shape index (κ2) is 8.77. The molecular formula is C27H21N3O4S2. The van der Waals surface area contributed by atoms with Gasteiger partial charge >= 0.3 is 0 Å². The molecule has 7 nitrogen and oxygen atoms in total. The summed E-state index contributed by atoms with van der Waals surface area (Å²) in [6, 6.07) is 20.6. The molecule has 9 heteroatoms. The highest BCUT2D eigenvalue weighted by molar-refractivity contribution is 7.91. The number of aromatic nitrogens is 1. The number of hydrogen-bond acceptors (Lipinski definition) is 7. The number of benzene rings is 3. The molecule has 2 aliphatic heterocycles. The largest absolute Gasteiger partial charge is 0.298 e. The summed E-state index contributed by atoms with van der Waals surface area (Å²) in [5.74, 6) is -0.832. The molecule has 0 saturated carbocycles. The first-order valence-electron chi connectivity index (χ1n) is 11.5.